The van der Waals surface area contributed by atoms with Crippen LogP contribution in [0.25, 0.3) is 0 Å². The van der Waals surface area contributed by atoms with Gasteiger partial charge in [-0.2, -0.15) is 0 Å². The Bertz CT molecular complexity index is 1230. The molecule has 0 radical (unpaired) electrons. The van der Waals surface area contributed by atoms with E-state index in [1.807, 2.05) is 43.3 Å². The van der Waals surface area contributed by atoms with Crippen LogP contribution in [0.2, 0.25) is 0 Å². The molecule has 3 aromatic carbocycles. The van der Waals surface area contributed by atoms with Gasteiger partial charge in [-0.1, -0.05) is 48.5 Å². The molecule has 0 bridgehead atoms. The number of amides is 1. The summed E-state index contributed by atoms with van der Waals surface area (Å²) in [6.07, 6.45) is -0.375. The lowest BCUT2D eigenvalue weighted by Crippen LogP contribution is -2.36. The van der Waals surface area contributed by atoms with Gasteiger partial charge in [0.25, 0.3) is 15.9 Å². The fraction of sp³-hybridized carbons (Fsp3) is 0.200. The average Bonchev–Trinajstić information content (AvgIpc) is 2.79. The lowest BCUT2D eigenvalue weighted by atomic mass is 10.1. The zero-order chi connectivity index (χ0) is 23.8. The summed E-state index contributed by atoms with van der Waals surface area (Å²) in [7, 11) is -3.91. The number of rotatable bonds is 9. The third kappa shape index (κ3) is 6.92. The Balaban J connectivity index is 1.59. The maximum atomic E-state index is 12.7. The Labute approximate surface area is 193 Å². The Hall–Kier alpha value is -3.65. The van der Waals surface area contributed by atoms with Crippen molar-refractivity contribution in [2.24, 2.45) is 0 Å². The summed E-state index contributed by atoms with van der Waals surface area (Å²) in [5, 5.41) is 2.73. The number of benzene rings is 3. The number of ether oxygens (including phenoxy) is 1. The van der Waals surface area contributed by atoms with Gasteiger partial charge in [0.15, 0.2) is 6.10 Å². The van der Waals surface area contributed by atoms with Crippen LogP contribution < -0.4 is 10.0 Å². The highest BCUT2D eigenvalue weighted by molar-refractivity contribution is 7.92. The SMILES string of the molecule is Cc1cccc(NS(=O)(=O)c2cccc(C(=O)OC(C)C(=O)NCCc3ccccc3)c2)c1. The number of carbonyl (C=O) groups is 2. The van der Waals surface area contributed by atoms with E-state index < -0.39 is 28.0 Å². The van der Waals surface area contributed by atoms with Gasteiger partial charge in [0, 0.05) is 12.2 Å². The molecule has 0 saturated carbocycles. The van der Waals surface area contributed by atoms with E-state index in [4.69, 9.17) is 4.74 Å². The standard InChI is InChI=1S/C25H26N2O5S/c1-18-8-6-12-22(16-18)27-33(30,31)23-13-7-11-21(17-23)25(29)32-19(2)24(28)26-15-14-20-9-4-3-5-10-20/h3-13,16-17,19,27H,14-15H2,1-2H3,(H,26,28). The van der Waals surface area contributed by atoms with Crippen LogP contribution >= 0.6 is 0 Å². The topological polar surface area (TPSA) is 102 Å². The van der Waals surface area contributed by atoms with E-state index in [0.29, 0.717) is 18.7 Å². The van der Waals surface area contributed by atoms with Crippen molar-refractivity contribution in [3.63, 3.8) is 0 Å². The van der Waals surface area contributed by atoms with Crippen LogP contribution in [-0.2, 0) is 26.0 Å². The molecule has 0 aliphatic heterocycles. The minimum absolute atomic E-state index is 0.0334. The molecule has 1 atom stereocenters. The summed E-state index contributed by atoms with van der Waals surface area (Å²) in [5.41, 5.74) is 2.44. The van der Waals surface area contributed by atoms with Gasteiger partial charge < -0.3 is 10.1 Å². The Morgan fingerprint density at radius 3 is 2.39 bits per heavy atom. The number of esters is 1. The van der Waals surface area contributed by atoms with Crippen LogP contribution in [0.15, 0.2) is 83.8 Å². The summed E-state index contributed by atoms with van der Waals surface area (Å²) in [4.78, 5) is 24.7. The van der Waals surface area contributed by atoms with Crippen LogP contribution in [0.3, 0.4) is 0 Å². The molecule has 8 heteroatoms. The van der Waals surface area contributed by atoms with Crippen LogP contribution in [0.1, 0.15) is 28.4 Å². The summed E-state index contributed by atoms with van der Waals surface area (Å²) in [6, 6.07) is 22.1. The predicted octanol–water partition coefficient (Wildman–Crippen LogP) is 3.70. The molecule has 0 fully saturated rings. The number of hydrogen-bond acceptors (Lipinski definition) is 5. The van der Waals surface area contributed by atoms with E-state index in [2.05, 4.69) is 10.0 Å². The van der Waals surface area contributed by atoms with Gasteiger partial charge in [-0.3, -0.25) is 9.52 Å². The molecule has 1 unspecified atom stereocenters. The van der Waals surface area contributed by atoms with Gasteiger partial charge in [-0.15, -0.1) is 0 Å². The van der Waals surface area contributed by atoms with Crippen molar-refractivity contribution in [1.29, 1.82) is 0 Å². The first-order chi connectivity index (χ1) is 15.7. The van der Waals surface area contributed by atoms with E-state index in [-0.39, 0.29) is 10.5 Å². The fourth-order valence-corrected chi connectivity index (χ4v) is 4.21. The maximum Gasteiger partial charge on any atom is 0.338 e. The monoisotopic (exact) mass is 466 g/mol. The normalized spacial score (nSPS) is 11.9. The summed E-state index contributed by atoms with van der Waals surface area (Å²) in [5.74, 6) is -1.21. The third-order valence-corrected chi connectivity index (χ3v) is 6.24. The number of sulfonamides is 1. The molecule has 0 aromatic heterocycles. The molecular weight excluding hydrogens is 440 g/mol. The molecule has 33 heavy (non-hydrogen) atoms. The van der Waals surface area contributed by atoms with Gasteiger partial charge in [0.05, 0.1) is 10.5 Å². The molecule has 2 N–H and O–H groups in total. The number of anilines is 1. The first-order valence-electron chi connectivity index (χ1n) is 10.5. The minimum atomic E-state index is -3.91. The van der Waals surface area contributed by atoms with Crippen molar-refractivity contribution in [1.82, 2.24) is 5.32 Å². The second-order valence-corrected chi connectivity index (χ2v) is 9.26. The molecule has 0 aliphatic carbocycles. The van der Waals surface area contributed by atoms with E-state index in [0.717, 1.165) is 11.1 Å². The molecule has 7 nitrogen and oxygen atoms in total. The van der Waals surface area contributed by atoms with Gasteiger partial charge >= 0.3 is 5.97 Å². The molecular formula is C25H26N2O5S. The van der Waals surface area contributed by atoms with Gasteiger partial charge in [-0.05, 0) is 61.7 Å². The van der Waals surface area contributed by atoms with Crippen LogP contribution in [0, 0.1) is 6.92 Å². The van der Waals surface area contributed by atoms with Crippen LogP contribution in [0.4, 0.5) is 5.69 Å². The van der Waals surface area contributed by atoms with Crippen molar-refractivity contribution >= 4 is 27.6 Å². The number of hydrogen-bond donors (Lipinski definition) is 2. The van der Waals surface area contributed by atoms with Gasteiger partial charge in [0.1, 0.15) is 0 Å². The molecule has 172 valence electrons. The van der Waals surface area contributed by atoms with E-state index in [1.165, 1.54) is 31.2 Å². The minimum Gasteiger partial charge on any atom is -0.449 e. The lowest BCUT2D eigenvalue weighted by molar-refractivity contribution is -0.129. The molecule has 1 amide bonds. The van der Waals surface area contributed by atoms with E-state index in [9.17, 15) is 18.0 Å². The van der Waals surface area contributed by atoms with Crippen LogP contribution in [0.5, 0.6) is 0 Å². The molecule has 0 aliphatic rings. The van der Waals surface area contributed by atoms with Crippen molar-refractivity contribution in [2.45, 2.75) is 31.3 Å². The Kier molecular flexibility index (Phi) is 7.84. The summed E-state index contributed by atoms with van der Waals surface area (Å²) in [6.45, 7) is 3.73. The zero-order valence-electron chi connectivity index (χ0n) is 18.4. The highest BCUT2D eigenvalue weighted by Crippen LogP contribution is 2.18. The second kappa shape index (κ2) is 10.8. The number of carbonyl (C=O) groups excluding carboxylic acids is 2. The quantitative estimate of drug-likeness (QED) is 0.468. The third-order valence-electron chi connectivity index (χ3n) is 4.86. The van der Waals surface area contributed by atoms with Crippen molar-refractivity contribution < 1.29 is 22.7 Å². The lowest BCUT2D eigenvalue weighted by Gasteiger charge is -2.14. The number of nitrogens with one attached hydrogen (secondary N) is 2. The Morgan fingerprint density at radius 1 is 0.939 bits per heavy atom. The van der Waals surface area contributed by atoms with E-state index in [1.54, 1.807) is 18.2 Å². The zero-order valence-corrected chi connectivity index (χ0v) is 19.3. The van der Waals surface area contributed by atoms with Crippen LogP contribution in [-0.4, -0.2) is 32.9 Å². The molecule has 0 spiro atoms. The molecule has 0 heterocycles. The van der Waals surface area contributed by atoms with Crippen molar-refractivity contribution in [3.05, 3.63) is 95.6 Å². The van der Waals surface area contributed by atoms with Gasteiger partial charge in [-0.25, -0.2) is 13.2 Å². The molecule has 3 aromatic rings. The predicted molar refractivity (Wildman–Crippen MR) is 126 cm³/mol. The first-order valence-corrected chi connectivity index (χ1v) is 11.9. The molecule has 0 saturated heterocycles. The maximum absolute atomic E-state index is 12.7. The largest absolute Gasteiger partial charge is 0.449 e. The smallest absolute Gasteiger partial charge is 0.338 e. The highest BCUT2D eigenvalue weighted by Gasteiger charge is 2.21. The second-order valence-electron chi connectivity index (χ2n) is 7.58. The highest BCUT2D eigenvalue weighted by atomic mass is 32.2. The summed E-state index contributed by atoms with van der Waals surface area (Å²) < 4.78 is 33.2. The van der Waals surface area contributed by atoms with Gasteiger partial charge in [0.2, 0.25) is 0 Å². The average molecular weight is 467 g/mol. The van der Waals surface area contributed by atoms with Crippen molar-refractivity contribution in [3.8, 4) is 0 Å². The first kappa shape index (κ1) is 24.0. The molecule has 3 rings (SSSR count). The fourth-order valence-electron chi connectivity index (χ4n) is 3.11. The number of aryl methyl sites for hydroxylation is 1. The van der Waals surface area contributed by atoms with Crippen molar-refractivity contribution in [2.75, 3.05) is 11.3 Å². The summed E-state index contributed by atoms with van der Waals surface area (Å²) >= 11 is 0. The van der Waals surface area contributed by atoms with E-state index >= 15 is 0 Å². The Morgan fingerprint density at radius 2 is 1.67 bits per heavy atom.